The molecule has 1 saturated heterocycles. The van der Waals surface area contributed by atoms with Gasteiger partial charge in [0, 0.05) is 47.7 Å². The molecule has 0 atom stereocenters. The van der Waals surface area contributed by atoms with Gasteiger partial charge >= 0.3 is 6.36 Å². The zero-order valence-electron chi connectivity index (χ0n) is 17.6. The molecule has 1 radical (unpaired) electrons. The monoisotopic (exact) mass is 453 g/mol. The van der Waals surface area contributed by atoms with Gasteiger partial charge < -0.3 is 19.1 Å². The third-order valence-electron chi connectivity index (χ3n) is 6.25. The summed E-state index contributed by atoms with van der Waals surface area (Å²) in [5.41, 5.74) is 5.55. The van der Waals surface area contributed by atoms with Gasteiger partial charge in [-0.05, 0) is 61.6 Å². The lowest BCUT2D eigenvalue weighted by molar-refractivity contribution is -0.274. The maximum atomic E-state index is 12.8. The topological polar surface area (TPSA) is 67.2 Å². The first kappa shape index (κ1) is 20.1. The van der Waals surface area contributed by atoms with Crippen LogP contribution in [0.4, 0.5) is 18.9 Å². The van der Waals surface area contributed by atoms with Crippen LogP contribution in [0.3, 0.4) is 0 Å². The molecule has 0 unspecified atom stereocenters. The number of aromatic amines is 1. The average molecular weight is 453 g/mol. The first-order valence-electron chi connectivity index (χ1n) is 10.9. The predicted octanol–water partition coefficient (Wildman–Crippen LogP) is 5.88. The van der Waals surface area contributed by atoms with E-state index in [1.54, 1.807) is 6.07 Å². The second-order valence-electron chi connectivity index (χ2n) is 8.36. The Morgan fingerprint density at radius 3 is 2.73 bits per heavy atom. The zero-order chi connectivity index (χ0) is 22.6. The van der Waals surface area contributed by atoms with E-state index in [0.29, 0.717) is 17.1 Å². The SMILES string of the molecule is FC(F)(F)Oc1ccc(-c2nc(-c3ccc4[nH]c5c(c4c3)CC[CH]5)no2)c(N2CCCC2)c1. The van der Waals surface area contributed by atoms with Gasteiger partial charge in [-0.2, -0.15) is 4.98 Å². The Labute approximate surface area is 187 Å². The fraction of sp³-hybridized carbons (Fsp3) is 0.292. The molecule has 0 spiro atoms. The molecule has 6 nitrogen and oxygen atoms in total. The van der Waals surface area contributed by atoms with Crippen molar-refractivity contribution in [3.63, 3.8) is 0 Å². The van der Waals surface area contributed by atoms with Crippen molar-refractivity contribution in [1.82, 2.24) is 15.1 Å². The second kappa shape index (κ2) is 7.54. The summed E-state index contributed by atoms with van der Waals surface area (Å²) in [4.78, 5) is 10.0. The number of hydrogen-bond acceptors (Lipinski definition) is 5. The minimum atomic E-state index is -4.75. The fourth-order valence-electron chi connectivity index (χ4n) is 4.77. The number of hydrogen-bond donors (Lipinski definition) is 1. The molecule has 169 valence electrons. The van der Waals surface area contributed by atoms with Crippen LogP contribution in [0.1, 0.15) is 30.5 Å². The molecule has 1 N–H and O–H groups in total. The number of H-pyrrole nitrogens is 1. The van der Waals surface area contributed by atoms with Gasteiger partial charge in [-0.25, -0.2) is 0 Å². The van der Waals surface area contributed by atoms with Crippen LogP contribution in [-0.2, 0) is 6.42 Å². The van der Waals surface area contributed by atoms with Crippen LogP contribution in [-0.4, -0.2) is 34.6 Å². The maximum absolute atomic E-state index is 12.8. The number of alkyl halides is 3. The normalized spacial score (nSPS) is 16.0. The van der Waals surface area contributed by atoms with Crippen LogP contribution in [0.2, 0.25) is 0 Å². The Hall–Kier alpha value is -3.49. The molecule has 4 aromatic rings. The number of rotatable bonds is 4. The number of nitrogens with zero attached hydrogens (tertiary/aromatic N) is 3. The zero-order valence-corrected chi connectivity index (χ0v) is 17.6. The highest BCUT2D eigenvalue weighted by atomic mass is 19.4. The first-order chi connectivity index (χ1) is 15.9. The van der Waals surface area contributed by atoms with Gasteiger partial charge in [0.15, 0.2) is 0 Å². The van der Waals surface area contributed by atoms with Gasteiger partial charge in [-0.3, -0.25) is 0 Å². The smallest absolute Gasteiger partial charge is 0.406 e. The summed E-state index contributed by atoms with van der Waals surface area (Å²) in [5.74, 6) is 0.432. The van der Waals surface area contributed by atoms with Crippen molar-refractivity contribution in [3.8, 4) is 28.6 Å². The second-order valence-corrected chi connectivity index (χ2v) is 8.36. The molecule has 0 bridgehead atoms. The van der Waals surface area contributed by atoms with Crippen LogP contribution in [0, 0.1) is 6.42 Å². The number of anilines is 1. The third-order valence-corrected chi connectivity index (χ3v) is 6.25. The Morgan fingerprint density at radius 2 is 1.91 bits per heavy atom. The number of ether oxygens (including phenoxy) is 1. The molecule has 1 aliphatic heterocycles. The summed E-state index contributed by atoms with van der Waals surface area (Å²) in [6.45, 7) is 1.49. The van der Waals surface area contributed by atoms with Gasteiger partial charge in [0.1, 0.15) is 5.75 Å². The molecule has 1 aliphatic carbocycles. The van der Waals surface area contributed by atoms with E-state index in [1.165, 1.54) is 23.4 Å². The molecule has 0 amide bonds. The molecule has 0 saturated carbocycles. The summed E-state index contributed by atoms with van der Waals surface area (Å²) in [5, 5.41) is 5.31. The van der Waals surface area contributed by atoms with E-state index < -0.39 is 6.36 Å². The van der Waals surface area contributed by atoms with Gasteiger partial charge in [0.2, 0.25) is 5.82 Å². The Kier molecular flexibility index (Phi) is 4.60. The summed E-state index contributed by atoms with van der Waals surface area (Å²) >= 11 is 0. The number of benzene rings is 2. The molecule has 2 aromatic heterocycles. The molecule has 33 heavy (non-hydrogen) atoms. The summed E-state index contributed by atoms with van der Waals surface area (Å²) in [7, 11) is 0. The number of aromatic nitrogens is 3. The number of nitrogens with one attached hydrogen (secondary N) is 1. The Bertz CT molecular complexity index is 1340. The van der Waals surface area contributed by atoms with E-state index in [-0.39, 0.29) is 11.6 Å². The molecule has 3 heterocycles. The van der Waals surface area contributed by atoms with Gasteiger partial charge in [0.05, 0.1) is 11.3 Å². The van der Waals surface area contributed by atoms with Crippen molar-refractivity contribution in [2.24, 2.45) is 0 Å². The van der Waals surface area contributed by atoms with Crippen molar-refractivity contribution in [1.29, 1.82) is 0 Å². The van der Waals surface area contributed by atoms with Gasteiger partial charge in [0.25, 0.3) is 5.89 Å². The summed E-state index contributed by atoms with van der Waals surface area (Å²) in [6.07, 6.45) is 1.42. The van der Waals surface area contributed by atoms with Gasteiger partial charge in [-0.15, -0.1) is 13.2 Å². The highest BCUT2D eigenvalue weighted by Gasteiger charge is 2.32. The summed E-state index contributed by atoms with van der Waals surface area (Å²) in [6, 6.07) is 10.2. The largest absolute Gasteiger partial charge is 0.573 e. The highest BCUT2D eigenvalue weighted by molar-refractivity contribution is 5.89. The van der Waals surface area contributed by atoms with Crippen molar-refractivity contribution in [2.45, 2.75) is 32.0 Å². The predicted molar refractivity (Wildman–Crippen MR) is 117 cm³/mol. The third kappa shape index (κ3) is 3.71. The molecule has 9 heteroatoms. The van der Waals surface area contributed by atoms with Crippen LogP contribution >= 0.6 is 0 Å². The number of aryl methyl sites for hydroxylation is 1. The highest BCUT2D eigenvalue weighted by Crippen LogP contribution is 2.38. The first-order valence-corrected chi connectivity index (χ1v) is 10.9. The molecule has 2 aliphatic rings. The number of fused-ring (bicyclic) bond motifs is 3. The van der Waals surface area contributed by atoms with Crippen molar-refractivity contribution < 1.29 is 22.4 Å². The van der Waals surface area contributed by atoms with Crippen molar-refractivity contribution in [3.05, 3.63) is 54.1 Å². The number of halogens is 3. The molecule has 1 fully saturated rings. The van der Waals surface area contributed by atoms with E-state index >= 15 is 0 Å². The van der Waals surface area contributed by atoms with E-state index in [4.69, 9.17) is 4.52 Å². The molecular weight excluding hydrogens is 433 g/mol. The molecule has 6 rings (SSSR count). The Balaban J connectivity index is 1.38. The van der Waals surface area contributed by atoms with Crippen molar-refractivity contribution in [2.75, 3.05) is 18.0 Å². The van der Waals surface area contributed by atoms with E-state index in [2.05, 4.69) is 32.3 Å². The Morgan fingerprint density at radius 1 is 1.06 bits per heavy atom. The lowest BCUT2D eigenvalue weighted by atomic mass is 10.1. The fourth-order valence-corrected chi connectivity index (χ4v) is 4.77. The van der Waals surface area contributed by atoms with Crippen LogP contribution in [0.5, 0.6) is 5.75 Å². The van der Waals surface area contributed by atoms with Crippen LogP contribution in [0.25, 0.3) is 33.7 Å². The van der Waals surface area contributed by atoms with E-state index in [1.807, 2.05) is 17.0 Å². The minimum Gasteiger partial charge on any atom is -0.406 e. The minimum absolute atomic E-state index is 0.262. The lowest BCUT2D eigenvalue weighted by Crippen LogP contribution is -2.20. The quantitative estimate of drug-likeness (QED) is 0.418. The molecule has 2 aromatic carbocycles. The van der Waals surface area contributed by atoms with Gasteiger partial charge in [-0.1, -0.05) is 5.16 Å². The van der Waals surface area contributed by atoms with Crippen LogP contribution < -0.4 is 9.64 Å². The van der Waals surface area contributed by atoms with E-state index in [9.17, 15) is 13.2 Å². The standard InChI is InChI=1S/C24H20F3N4O2/c25-24(26,27)32-15-7-8-17(21(13-15)31-10-1-2-11-31)23-29-22(30-33-23)14-6-9-20-18(12-14)16-4-3-5-19(16)28-20/h5-9,12-13,28H,1-4,10-11H2. The summed E-state index contributed by atoms with van der Waals surface area (Å²) < 4.78 is 48.0. The lowest BCUT2D eigenvalue weighted by Gasteiger charge is -2.21. The van der Waals surface area contributed by atoms with E-state index in [0.717, 1.165) is 55.2 Å². The molecular formula is C24H20F3N4O2. The maximum Gasteiger partial charge on any atom is 0.573 e. The van der Waals surface area contributed by atoms with Crippen LogP contribution in [0.15, 0.2) is 40.9 Å². The average Bonchev–Trinajstić information content (AvgIpc) is 3.56. The van der Waals surface area contributed by atoms with Crippen molar-refractivity contribution >= 4 is 16.6 Å².